The maximum atomic E-state index is 10.4. The van der Waals surface area contributed by atoms with Crippen LogP contribution in [-0.2, 0) is 11.4 Å². The molecule has 0 spiro atoms. The molecule has 0 atom stereocenters. The van der Waals surface area contributed by atoms with Gasteiger partial charge in [0.05, 0.1) is 12.9 Å². The van der Waals surface area contributed by atoms with Crippen molar-refractivity contribution in [3.05, 3.63) is 23.7 Å². The van der Waals surface area contributed by atoms with E-state index in [-0.39, 0.29) is 12.4 Å². The van der Waals surface area contributed by atoms with E-state index in [0.29, 0.717) is 5.56 Å². The minimum atomic E-state index is -1.12. The summed E-state index contributed by atoms with van der Waals surface area (Å²) in [5.74, 6) is 3.50. The first-order chi connectivity index (χ1) is 5.25. The van der Waals surface area contributed by atoms with Crippen LogP contribution in [-0.4, -0.2) is 11.1 Å². The van der Waals surface area contributed by atoms with Crippen LogP contribution in [0.4, 0.5) is 0 Å². The molecule has 5 nitrogen and oxygen atoms in total. The van der Waals surface area contributed by atoms with Gasteiger partial charge in [0, 0.05) is 5.56 Å². The standard InChI is InChI=1S/C6H7NO4/c7-11-3-4-1-2-10-5(4)6(8)9/h1-2H,3,7H2,(H,8,9). The number of hydrogen-bond acceptors (Lipinski definition) is 4. The molecule has 0 fully saturated rings. The van der Waals surface area contributed by atoms with Crippen LogP contribution in [0.5, 0.6) is 0 Å². The van der Waals surface area contributed by atoms with Gasteiger partial charge in [0.1, 0.15) is 0 Å². The third kappa shape index (κ3) is 1.57. The fraction of sp³-hybridized carbons (Fsp3) is 0.167. The van der Waals surface area contributed by atoms with E-state index in [9.17, 15) is 4.79 Å². The summed E-state index contributed by atoms with van der Waals surface area (Å²) in [6.45, 7) is 0.0398. The predicted octanol–water partition coefficient (Wildman–Crippen LogP) is 0.368. The average Bonchev–Trinajstić information content (AvgIpc) is 2.36. The number of aromatic carboxylic acids is 1. The molecule has 1 heterocycles. The molecular formula is C6H7NO4. The molecule has 5 heteroatoms. The van der Waals surface area contributed by atoms with E-state index in [1.807, 2.05) is 0 Å². The molecule has 0 bridgehead atoms. The number of rotatable bonds is 3. The van der Waals surface area contributed by atoms with Crippen LogP contribution in [0.3, 0.4) is 0 Å². The van der Waals surface area contributed by atoms with Crippen LogP contribution < -0.4 is 5.90 Å². The van der Waals surface area contributed by atoms with Crippen LogP contribution in [0.25, 0.3) is 0 Å². The molecule has 0 unspecified atom stereocenters. The Morgan fingerprint density at radius 2 is 2.55 bits per heavy atom. The quantitative estimate of drug-likeness (QED) is 0.619. The van der Waals surface area contributed by atoms with E-state index in [4.69, 9.17) is 11.0 Å². The molecule has 0 saturated heterocycles. The number of carboxylic acids is 1. The second-order valence-corrected chi connectivity index (χ2v) is 1.89. The van der Waals surface area contributed by atoms with Crippen molar-refractivity contribution in [3.63, 3.8) is 0 Å². The second-order valence-electron chi connectivity index (χ2n) is 1.89. The molecule has 60 valence electrons. The summed E-state index contributed by atoms with van der Waals surface area (Å²) < 4.78 is 4.64. The molecule has 0 aliphatic carbocycles. The highest BCUT2D eigenvalue weighted by Gasteiger charge is 2.12. The Bertz CT molecular complexity index is 255. The van der Waals surface area contributed by atoms with Gasteiger partial charge in [0.15, 0.2) is 0 Å². The van der Waals surface area contributed by atoms with Crippen LogP contribution in [0, 0.1) is 0 Å². The van der Waals surface area contributed by atoms with Crippen molar-refractivity contribution < 1.29 is 19.2 Å². The Balaban J connectivity index is 2.87. The van der Waals surface area contributed by atoms with Crippen LogP contribution in [0.15, 0.2) is 16.7 Å². The topological polar surface area (TPSA) is 85.7 Å². The molecule has 0 amide bonds. The lowest BCUT2D eigenvalue weighted by molar-refractivity contribution is 0.0650. The summed E-state index contributed by atoms with van der Waals surface area (Å²) in [6, 6.07) is 1.50. The van der Waals surface area contributed by atoms with E-state index < -0.39 is 5.97 Å². The molecule has 3 N–H and O–H groups in total. The summed E-state index contributed by atoms with van der Waals surface area (Å²) in [4.78, 5) is 14.6. The van der Waals surface area contributed by atoms with Crippen molar-refractivity contribution >= 4 is 5.97 Å². The number of carbonyl (C=O) groups is 1. The summed E-state index contributed by atoms with van der Waals surface area (Å²) in [5.41, 5.74) is 0.431. The fourth-order valence-electron chi connectivity index (χ4n) is 0.727. The zero-order valence-electron chi connectivity index (χ0n) is 5.61. The van der Waals surface area contributed by atoms with Gasteiger partial charge in [-0.05, 0) is 6.07 Å². The highest BCUT2D eigenvalue weighted by Crippen LogP contribution is 2.10. The van der Waals surface area contributed by atoms with Gasteiger partial charge in [0.25, 0.3) is 0 Å². The highest BCUT2D eigenvalue weighted by molar-refractivity contribution is 5.85. The molecular weight excluding hydrogens is 150 g/mol. The van der Waals surface area contributed by atoms with Crippen LogP contribution >= 0.6 is 0 Å². The minimum Gasteiger partial charge on any atom is -0.475 e. The Morgan fingerprint density at radius 3 is 3.09 bits per heavy atom. The van der Waals surface area contributed by atoms with Gasteiger partial charge in [-0.15, -0.1) is 0 Å². The van der Waals surface area contributed by atoms with Crippen molar-refractivity contribution in [3.8, 4) is 0 Å². The van der Waals surface area contributed by atoms with Gasteiger partial charge in [0.2, 0.25) is 5.76 Å². The Kier molecular flexibility index (Phi) is 2.25. The zero-order chi connectivity index (χ0) is 8.27. The molecule has 0 aliphatic heterocycles. The molecule has 1 aromatic heterocycles. The first-order valence-corrected chi connectivity index (χ1v) is 2.87. The van der Waals surface area contributed by atoms with Crippen LogP contribution in [0.2, 0.25) is 0 Å². The third-order valence-corrected chi connectivity index (χ3v) is 1.18. The second kappa shape index (κ2) is 3.18. The van der Waals surface area contributed by atoms with E-state index in [2.05, 4.69) is 9.25 Å². The minimum absolute atomic E-state index is 0.0398. The van der Waals surface area contributed by atoms with E-state index in [1.54, 1.807) is 0 Å². The number of hydrogen-bond donors (Lipinski definition) is 2. The number of furan rings is 1. The Labute approximate surface area is 62.3 Å². The number of nitrogens with two attached hydrogens (primary N) is 1. The lowest BCUT2D eigenvalue weighted by Crippen LogP contribution is -2.03. The van der Waals surface area contributed by atoms with Crippen molar-refractivity contribution in [2.75, 3.05) is 0 Å². The van der Waals surface area contributed by atoms with E-state index in [0.717, 1.165) is 0 Å². The third-order valence-electron chi connectivity index (χ3n) is 1.18. The van der Waals surface area contributed by atoms with Gasteiger partial charge in [-0.3, -0.25) is 4.84 Å². The molecule has 0 saturated carbocycles. The van der Waals surface area contributed by atoms with Crippen molar-refractivity contribution in [2.45, 2.75) is 6.61 Å². The molecule has 11 heavy (non-hydrogen) atoms. The summed E-state index contributed by atoms with van der Waals surface area (Å²) in [6.07, 6.45) is 1.28. The molecule has 0 aromatic carbocycles. The summed E-state index contributed by atoms with van der Waals surface area (Å²) in [5, 5.41) is 8.49. The van der Waals surface area contributed by atoms with Gasteiger partial charge < -0.3 is 9.52 Å². The fourth-order valence-corrected chi connectivity index (χ4v) is 0.727. The van der Waals surface area contributed by atoms with Gasteiger partial charge in [-0.1, -0.05) is 0 Å². The zero-order valence-corrected chi connectivity index (χ0v) is 5.61. The van der Waals surface area contributed by atoms with Gasteiger partial charge in [-0.2, -0.15) is 0 Å². The average molecular weight is 157 g/mol. The summed E-state index contributed by atoms with van der Waals surface area (Å²) in [7, 11) is 0. The van der Waals surface area contributed by atoms with Crippen molar-refractivity contribution in [1.82, 2.24) is 0 Å². The largest absolute Gasteiger partial charge is 0.475 e. The van der Waals surface area contributed by atoms with Crippen molar-refractivity contribution in [2.24, 2.45) is 5.90 Å². The smallest absolute Gasteiger partial charge is 0.372 e. The molecule has 1 rings (SSSR count). The maximum absolute atomic E-state index is 10.4. The van der Waals surface area contributed by atoms with Gasteiger partial charge >= 0.3 is 5.97 Å². The van der Waals surface area contributed by atoms with Crippen LogP contribution in [0.1, 0.15) is 16.1 Å². The first kappa shape index (κ1) is 7.77. The van der Waals surface area contributed by atoms with Crippen molar-refractivity contribution in [1.29, 1.82) is 0 Å². The first-order valence-electron chi connectivity index (χ1n) is 2.87. The maximum Gasteiger partial charge on any atom is 0.372 e. The normalized spacial score (nSPS) is 9.91. The van der Waals surface area contributed by atoms with E-state index >= 15 is 0 Å². The summed E-state index contributed by atoms with van der Waals surface area (Å²) >= 11 is 0. The van der Waals surface area contributed by atoms with Gasteiger partial charge in [-0.25, -0.2) is 10.7 Å². The Hall–Kier alpha value is -1.33. The Morgan fingerprint density at radius 1 is 1.82 bits per heavy atom. The SMILES string of the molecule is NOCc1ccoc1C(=O)O. The predicted molar refractivity (Wildman–Crippen MR) is 34.6 cm³/mol. The highest BCUT2D eigenvalue weighted by atomic mass is 16.6. The monoisotopic (exact) mass is 157 g/mol. The molecule has 0 radical (unpaired) electrons. The molecule has 0 aliphatic rings. The van der Waals surface area contributed by atoms with E-state index in [1.165, 1.54) is 12.3 Å². The number of carboxylic acid groups (broad SMARTS) is 1. The molecule has 1 aromatic rings. The lowest BCUT2D eigenvalue weighted by Gasteiger charge is -1.94. The lowest BCUT2D eigenvalue weighted by atomic mass is 10.3.